The normalized spacial score (nSPS) is 12.8. The van der Waals surface area contributed by atoms with Crippen molar-refractivity contribution >= 4 is 10.8 Å². The first-order chi connectivity index (χ1) is 8.70. The molecule has 0 fully saturated rings. The average Bonchev–Trinajstić information content (AvgIpc) is 2.39. The molecule has 0 aliphatic carbocycles. The molecule has 0 radical (unpaired) electrons. The summed E-state index contributed by atoms with van der Waals surface area (Å²) in [5.74, 6) is 0. The predicted octanol–water partition coefficient (Wildman–Crippen LogP) is 4.07. The molecule has 0 aromatic heterocycles. The van der Waals surface area contributed by atoms with Crippen LogP contribution < -0.4 is 0 Å². The minimum Gasteiger partial charge on any atom is -0.376 e. The van der Waals surface area contributed by atoms with Gasteiger partial charge >= 0.3 is 0 Å². The second kappa shape index (κ2) is 5.74. The molecule has 3 heteroatoms. The van der Waals surface area contributed by atoms with E-state index in [1.807, 2.05) is 56.3 Å². The minimum absolute atomic E-state index is 0.106. The molecule has 94 valence electrons. The lowest BCUT2D eigenvalue weighted by Crippen LogP contribution is -2.10. The van der Waals surface area contributed by atoms with Crippen molar-refractivity contribution in [2.24, 2.45) is 5.18 Å². The first-order valence-electron chi connectivity index (χ1n) is 6.13. The molecule has 3 nitrogen and oxygen atoms in total. The molecule has 0 saturated heterocycles. The zero-order valence-corrected chi connectivity index (χ0v) is 10.7. The molecule has 0 bridgehead atoms. The van der Waals surface area contributed by atoms with Gasteiger partial charge in [0, 0.05) is 0 Å². The van der Waals surface area contributed by atoms with Crippen LogP contribution in [0.1, 0.15) is 25.5 Å². The van der Waals surface area contributed by atoms with Crippen LogP contribution in [0.3, 0.4) is 0 Å². The smallest absolute Gasteiger partial charge is 0.140 e. The van der Waals surface area contributed by atoms with E-state index in [-0.39, 0.29) is 6.10 Å². The summed E-state index contributed by atoms with van der Waals surface area (Å²) in [7, 11) is 0. The van der Waals surface area contributed by atoms with Gasteiger partial charge in [-0.2, -0.15) is 4.91 Å². The standard InChI is InChI=1S/C15H17NO2/c1-11(2)18-10-15(16-17)14-8-7-12-5-3-4-6-13(12)9-14/h3-9,11,15H,10H2,1-2H3. The Morgan fingerprint density at radius 3 is 2.50 bits per heavy atom. The summed E-state index contributed by atoms with van der Waals surface area (Å²) in [5, 5.41) is 5.44. The van der Waals surface area contributed by atoms with E-state index in [9.17, 15) is 4.91 Å². The van der Waals surface area contributed by atoms with Crippen molar-refractivity contribution in [1.82, 2.24) is 0 Å². The van der Waals surface area contributed by atoms with Gasteiger partial charge in [-0.3, -0.25) is 0 Å². The predicted molar refractivity (Wildman–Crippen MR) is 73.6 cm³/mol. The van der Waals surface area contributed by atoms with Gasteiger partial charge in [0.05, 0.1) is 12.7 Å². The van der Waals surface area contributed by atoms with E-state index in [1.54, 1.807) is 0 Å². The molecule has 0 saturated carbocycles. The van der Waals surface area contributed by atoms with Gasteiger partial charge in [-0.15, -0.1) is 0 Å². The third-order valence-corrected chi connectivity index (χ3v) is 2.87. The molecule has 1 unspecified atom stereocenters. The summed E-state index contributed by atoms with van der Waals surface area (Å²) in [4.78, 5) is 10.9. The fraction of sp³-hybridized carbons (Fsp3) is 0.333. The van der Waals surface area contributed by atoms with Crippen LogP contribution in [0.15, 0.2) is 47.6 Å². The SMILES string of the molecule is CC(C)OCC(N=O)c1ccc2ccccc2c1. The van der Waals surface area contributed by atoms with Crippen LogP contribution in [0.5, 0.6) is 0 Å². The highest BCUT2D eigenvalue weighted by Gasteiger charge is 2.13. The maximum absolute atomic E-state index is 10.9. The van der Waals surface area contributed by atoms with Crippen molar-refractivity contribution in [3.8, 4) is 0 Å². The summed E-state index contributed by atoms with van der Waals surface area (Å²) in [6.07, 6.45) is 0.106. The van der Waals surface area contributed by atoms with Gasteiger partial charge in [0.15, 0.2) is 0 Å². The number of ether oxygens (including phenoxy) is 1. The van der Waals surface area contributed by atoms with E-state index < -0.39 is 6.04 Å². The lowest BCUT2D eigenvalue weighted by atomic mass is 10.0. The van der Waals surface area contributed by atoms with Crippen molar-refractivity contribution in [2.45, 2.75) is 26.0 Å². The van der Waals surface area contributed by atoms with E-state index in [0.29, 0.717) is 6.61 Å². The van der Waals surface area contributed by atoms with Gasteiger partial charge in [-0.05, 0) is 36.2 Å². The first kappa shape index (κ1) is 12.7. The Labute approximate surface area is 107 Å². The minimum atomic E-state index is -0.433. The molecule has 18 heavy (non-hydrogen) atoms. The van der Waals surface area contributed by atoms with Gasteiger partial charge in [0.1, 0.15) is 6.04 Å². The molecule has 0 heterocycles. The van der Waals surface area contributed by atoms with Gasteiger partial charge < -0.3 is 4.74 Å². The zero-order valence-electron chi connectivity index (χ0n) is 10.7. The maximum Gasteiger partial charge on any atom is 0.140 e. The van der Waals surface area contributed by atoms with E-state index in [1.165, 1.54) is 0 Å². The summed E-state index contributed by atoms with van der Waals surface area (Å²) >= 11 is 0. The zero-order chi connectivity index (χ0) is 13.0. The fourth-order valence-corrected chi connectivity index (χ4v) is 1.89. The van der Waals surface area contributed by atoms with Crippen molar-refractivity contribution in [3.05, 3.63) is 52.9 Å². The Kier molecular flexibility index (Phi) is 4.05. The van der Waals surface area contributed by atoms with E-state index in [0.717, 1.165) is 16.3 Å². The van der Waals surface area contributed by atoms with E-state index >= 15 is 0 Å². The number of hydrogen-bond donors (Lipinski definition) is 0. The van der Waals surface area contributed by atoms with Crippen molar-refractivity contribution < 1.29 is 4.74 Å². The molecule has 2 rings (SSSR count). The number of nitroso groups, excluding NO2 is 1. The molecular formula is C15H17NO2. The highest BCUT2D eigenvalue weighted by atomic mass is 16.5. The third-order valence-electron chi connectivity index (χ3n) is 2.87. The van der Waals surface area contributed by atoms with Crippen LogP contribution in [-0.2, 0) is 4.74 Å². The second-order valence-electron chi connectivity index (χ2n) is 4.61. The van der Waals surface area contributed by atoms with E-state index in [2.05, 4.69) is 5.18 Å². The largest absolute Gasteiger partial charge is 0.376 e. The number of nitrogens with zero attached hydrogens (tertiary/aromatic N) is 1. The molecule has 1 atom stereocenters. The molecule has 0 aliphatic heterocycles. The van der Waals surface area contributed by atoms with Crippen LogP contribution in [0.25, 0.3) is 10.8 Å². The highest BCUT2D eigenvalue weighted by molar-refractivity contribution is 5.83. The molecule has 0 spiro atoms. The van der Waals surface area contributed by atoms with Gasteiger partial charge in [0.2, 0.25) is 0 Å². The second-order valence-corrected chi connectivity index (χ2v) is 4.61. The molecule has 0 amide bonds. The highest BCUT2D eigenvalue weighted by Crippen LogP contribution is 2.23. The van der Waals surface area contributed by atoms with Crippen molar-refractivity contribution in [2.75, 3.05) is 6.61 Å². The Bertz CT molecular complexity index is 537. The number of rotatable bonds is 5. The molecule has 0 aliphatic rings. The Morgan fingerprint density at radius 2 is 1.83 bits per heavy atom. The van der Waals surface area contributed by atoms with Gasteiger partial charge in [-0.25, -0.2) is 0 Å². The van der Waals surface area contributed by atoms with Crippen LogP contribution in [0.2, 0.25) is 0 Å². The number of hydrogen-bond acceptors (Lipinski definition) is 3. The quantitative estimate of drug-likeness (QED) is 0.742. The maximum atomic E-state index is 10.9. The van der Waals surface area contributed by atoms with Crippen LogP contribution in [0, 0.1) is 4.91 Å². The first-order valence-corrected chi connectivity index (χ1v) is 6.13. The topological polar surface area (TPSA) is 38.7 Å². The lowest BCUT2D eigenvalue weighted by molar-refractivity contribution is 0.0685. The van der Waals surface area contributed by atoms with Crippen molar-refractivity contribution in [1.29, 1.82) is 0 Å². The van der Waals surface area contributed by atoms with Crippen LogP contribution in [0.4, 0.5) is 0 Å². The number of benzene rings is 2. The summed E-state index contributed by atoms with van der Waals surface area (Å²) < 4.78 is 5.47. The Hall–Kier alpha value is -1.74. The molecular weight excluding hydrogens is 226 g/mol. The summed E-state index contributed by atoms with van der Waals surface area (Å²) in [5.41, 5.74) is 0.907. The van der Waals surface area contributed by atoms with Crippen LogP contribution >= 0.6 is 0 Å². The number of fused-ring (bicyclic) bond motifs is 1. The lowest BCUT2D eigenvalue weighted by Gasteiger charge is -2.13. The summed E-state index contributed by atoms with van der Waals surface area (Å²) in [6, 6.07) is 13.6. The van der Waals surface area contributed by atoms with Crippen LogP contribution in [-0.4, -0.2) is 12.7 Å². The van der Waals surface area contributed by atoms with Gasteiger partial charge in [0.25, 0.3) is 0 Å². The van der Waals surface area contributed by atoms with Gasteiger partial charge in [-0.1, -0.05) is 41.6 Å². The van der Waals surface area contributed by atoms with E-state index in [4.69, 9.17) is 4.74 Å². The summed E-state index contributed by atoms with van der Waals surface area (Å²) in [6.45, 7) is 4.23. The molecule has 2 aromatic rings. The molecule has 0 N–H and O–H groups in total. The Morgan fingerprint density at radius 1 is 1.11 bits per heavy atom. The van der Waals surface area contributed by atoms with Crippen molar-refractivity contribution in [3.63, 3.8) is 0 Å². The fourth-order valence-electron chi connectivity index (χ4n) is 1.89. The third kappa shape index (κ3) is 2.93. The average molecular weight is 243 g/mol. The Balaban J connectivity index is 2.25. The molecule has 2 aromatic carbocycles. The monoisotopic (exact) mass is 243 g/mol.